The van der Waals surface area contributed by atoms with Crippen LogP contribution in [0.4, 0.5) is 17.3 Å². The molecule has 3 aromatic carbocycles. The standard InChI is InChI=1S/C25H23N5O3/c26-23-22(24(27)29-16-28-23)30-25(31)19-11-20(32-14-17-7-3-1-4-8-17)13-21(12-19)33-15-18-9-5-2-6-10-18/h1-13,16H,14-15H2,(H,30,31)(H4,26,27,28,29). The van der Waals surface area contributed by atoms with Gasteiger partial charge < -0.3 is 26.3 Å². The molecule has 0 atom stereocenters. The van der Waals surface area contributed by atoms with Gasteiger partial charge in [-0.3, -0.25) is 4.79 Å². The number of carbonyl (C=O) groups excluding carboxylic acids is 1. The van der Waals surface area contributed by atoms with Gasteiger partial charge >= 0.3 is 0 Å². The first-order valence-corrected chi connectivity index (χ1v) is 10.2. The van der Waals surface area contributed by atoms with E-state index >= 15 is 0 Å². The van der Waals surface area contributed by atoms with Gasteiger partial charge in [-0.25, -0.2) is 9.97 Å². The second-order valence-corrected chi connectivity index (χ2v) is 7.21. The van der Waals surface area contributed by atoms with Crippen molar-refractivity contribution >= 4 is 23.2 Å². The number of hydrogen-bond acceptors (Lipinski definition) is 7. The van der Waals surface area contributed by atoms with Gasteiger partial charge in [0.15, 0.2) is 11.6 Å². The molecule has 0 spiro atoms. The third kappa shape index (κ3) is 5.76. The molecule has 0 aliphatic carbocycles. The largest absolute Gasteiger partial charge is 0.489 e. The molecule has 5 N–H and O–H groups in total. The van der Waals surface area contributed by atoms with E-state index in [1.54, 1.807) is 18.2 Å². The molecular weight excluding hydrogens is 418 g/mol. The summed E-state index contributed by atoms with van der Waals surface area (Å²) in [5.41, 5.74) is 14.1. The molecule has 8 nitrogen and oxygen atoms in total. The van der Waals surface area contributed by atoms with Gasteiger partial charge in [0.2, 0.25) is 0 Å². The van der Waals surface area contributed by atoms with Crippen LogP contribution in [0.2, 0.25) is 0 Å². The molecule has 33 heavy (non-hydrogen) atoms. The zero-order chi connectivity index (χ0) is 23.0. The summed E-state index contributed by atoms with van der Waals surface area (Å²) in [6, 6.07) is 24.5. The number of nitrogen functional groups attached to an aromatic ring is 2. The minimum atomic E-state index is -0.446. The molecule has 0 radical (unpaired) electrons. The van der Waals surface area contributed by atoms with Crippen LogP contribution in [0, 0.1) is 0 Å². The lowest BCUT2D eigenvalue weighted by atomic mass is 10.1. The minimum absolute atomic E-state index is 0.0767. The number of ether oxygens (including phenoxy) is 2. The van der Waals surface area contributed by atoms with Crippen molar-refractivity contribution in [3.8, 4) is 11.5 Å². The molecule has 0 unspecified atom stereocenters. The Hall–Kier alpha value is -4.59. The summed E-state index contributed by atoms with van der Waals surface area (Å²) in [6.07, 6.45) is 1.23. The molecule has 0 aliphatic heterocycles. The van der Waals surface area contributed by atoms with E-state index in [9.17, 15) is 4.79 Å². The fourth-order valence-corrected chi connectivity index (χ4v) is 3.08. The number of amides is 1. The fraction of sp³-hybridized carbons (Fsp3) is 0.0800. The lowest BCUT2D eigenvalue weighted by Crippen LogP contribution is -2.16. The topological polar surface area (TPSA) is 125 Å². The third-order valence-electron chi connectivity index (χ3n) is 4.78. The maximum atomic E-state index is 13.0. The van der Waals surface area contributed by atoms with Crippen molar-refractivity contribution in [1.29, 1.82) is 0 Å². The number of benzene rings is 3. The highest BCUT2D eigenvalue weighted by Crippen LogP contribution is 2.27. The molecule has 0 fully saturated rings. The van der Waals surface area contributed by atoms with E-state index < -0.39 is 5.91 Å². The second kappa shape index (κ2) is 10.1. The predicted octanol–water partition coefficient (Wildman–Crippen LogP) is 4.05. The first-order valence-electron chi connectivity index (χ1n) is 10.2. The van der Waals surface area contributed by atoms with Crippen LogP contribution < -0.4 is 26.3 Å². The van der Waals surface area contributed by atoms with Crippen molar-refractivity contribution in [2.75, 3.05) is 16.8 Å². The Balaban J connectivity index is 1.57. The number of aromatic nitrogens is 2. The number of nitrogens with zero attached hydrogens (tertiary/aromatic N) is 2. The van der Waals surface area contributed by atoms with Gasteiger partial charge in [0.25, 0.3) is 5.91 Å². The Kier molecular flexibility index (Phi) is 6.65. The highest BCUT2D eigenvalue weighted by atomic mass is 16.5. The van der Waals surface area contributed by atoms with Gasteiger partial charge in [0.1, 0.15) is 36.7 Å². The molecule has 8 heteroatoms. The van der Waals surface area contributed by atoms with Crippen LogP contribution in [0.1, 0.15) is 21.5 Å². The maximum Gasteiger partial charge on any atom is 0.256 e. The zero-order valence-electron chi connectivity index (χ0n) is 17.8. The Morgan fingerprint density at radius 3 is 1.73 bits per heavy atom. The normalized spacial score (nSPS) is 10.4. The van der Waals surface area contributed by atoms with Crippen LogP contribution in [0.15, 0.2) is 85.2 Å². The van der Waals surface area contributed by atoms with Crippen LogP contribution >= 0.6 is 0 Å². The lowest BCUT2D eigenvalue weighted by Gasteiger charge is -2.14. The van der Waals surface area contributed by atoms with Crippen LogP contribution in [0.5, 0.6) is 11.5 Å². The van der Waals surface area contributed by atoms with E-state index in [0.717, 1.165) is 11.1 Å². The van der Waals surface area contributed by atoms with Gasteiger partial charge in [0, 0.05) is 11.6 Å². The van der Waals surface area contributed by atoms with E-state index in [1.165, 1.54) is 6.33 Å². The summed E-state index contributed by atoms with van der Waals surface area (Å²) in [6.45, 7) is 0.687. The second-order valence-electron chi connectivity index (χ2n) is 7.21. The number of rotatable bonds is 8. The Morgan fingerprint density at radius 2 is 1.24 bits per heavy atom. The molecule has 1 aromatic heterocycles. The van der Waals surface area contributed by atoms with Gasteiger partial charge in [-0.1, -0.05) is 60.7 Å². The number of hydrogen-bond donors (Lipinski definition) is 3. The van der Waals surface area contributed by atoms with Gasteiger partial charge in [-0.2, -0.15) is 0 Å². The minimum Gasteiger partial charge on any atom is -0.489 e. The molecule has 1 amide bonds. The highest BCUT2D eigenvalue weighted by Gasteiger charge is 2.15. The first kappa shape index (κ1) is 21.6. The number of carbonyl (C=O) groups is 1. The summed E-state index contributed by atoms with van der Waals surface area (Å²) < 4.78 is 11.9. The monoisotopic (exact) mass is 441 g/mol. The van der Waals surface area contributed by atoms with Crippen molar-refractivity contribution in [2.24, 2.45) is 0 Å². The Bertz CT molecular complexity index is 1150. The molecule has 1 heterocycles. The van der Waals surface area contributed by atoms with Crippen molar-refractivity contribution in [2.45, 2.75) is 13.2 Å². The van der Waals surface area contributed by atoms with Gasteiger partial charge in [0.05, 0.1) is 0 Å². The summed E-state index contributed by atoms with van der Waals surface area (Å²) in [4.78, 5) is 20.7. The molecule has 0 aliphatic rings. The molecule has 0 bridgehead atoms. The van der Waals surface area contributed by atoms with Gasteiger partial charge in [-0.15, -0.1) is 0 Å². The SMILES string of the molecule is Nc1ncnc(N)c1NC(=O)c1cc(OCc2ccccc2)cc(OCc2ccccc2)c1. The smallest absolute Gasteiger partial charge is 0.256 e. The predicted molar refractivity (Wildman–Crippen MR) is 127 cm³/mol. The van der Waals surface area contributed by atoms with Gasteiger partial charge in [-0.05, 0) is 23.3 Å². The quantitative estimate of drug-likeness (QED) is 0.377. The summed E-state index contributed by atoms with van der Waals surface area (Å²) in [5, 5.41) is 2.67. The van der Waals surface area contributed by atoms with E-state index in [0.29, 0.717) is 30.3 Å². The Morgan fingerprint density at radius 1 is 0.758 bits per heavy atom. The average molecular weight is 441 g/mol. The average Bonchev–Trinajstić information content (AvgIpc) is 2.85. The Labute approximate surface area is 191 Å². The van der Waals surface area contributed by atoms with E-state index in [1.807, 2.05) is 60.7 Å². The zero-order valence-corrected chi connectivity index (χ0v) is 17.8. The summed E-state index contributed by atoms with van der Waals surface area (Å²) >= 11 is 0. The molecule has 4 rings (SSSR count). The van der Waals surface area contributed by atoms with Crippen LogP contribution in [0.25, 0.3) is 0 Å². The summed E-state index contributed by atoms with van der Waals surface area (Å²) in [5.74, 6) is 0.679. The fourth-order valence-electron chi connectivity index (χ4n) is 3.08. The first-order chi connectivity index (χ1) is 16.1. The number of nitrogens with one attached hydrogen (secondary N) is 1. The van der Waals surface area contributed by atoms with E-state index in [-0.39, 0.29) is 17.3 Å². The van der Waals surface area contributed by atoms with E-state index in [2.05, 4.69) is 15.3 Å². The summed E-state index contributed by atoms with van der Waals surface area (Å²) in [7, 11) is 0. The van der Waals surface area contributed by atoms with Crippen molar-refractivity contribution in [1.82, 2.24) is 9.97 Å². The van der Waals surface area contributed by atoms with Crippen LogP contribution in [-0.4, -0.2) is 15.9 Å². The third-order valence-corrected chi connectivity index (χ3v) is 4.78. The number of nitrogens with two attached hydrogens (primary N) is 2. The molecule has 166 valence electrons. The van der Waals surface area contributed by atoms with Crippen molar-refractivity contribution in [3.63, 3.8) is 0 Å². The van der Waals surface area contributed by atoms with Crippen LogP contribution in [-0.2, 0) is 13.2 Å². The van der Waals surface area contributed by atoms with E-state index in [4.69, 9.17) is 20.9 Å². The molecule has 4 aromatic rings. The lowest BCUT2D eigenvalue weighted by molar-refractivity contribution is 0.102. The van der Waals surface area contributed by atoms with Crippen molar-refractivity contribution < 1.29 is 14.3 Å². The van der Waals surface area contributed by atoms with Crippen molar-refractivity contribution in [3.05, 3.63) is 102 Å². The highest BCUT2D eigenvalue weighted by molar-refractivity contribution is 6.07. The molecular formula is C25H23N5O3. The maximum absolute atomic E-state index is 13.0. The number of anilines is 3. The molecule has 0 saturated carbocycles. The van der Waals surface area contributed by atoms with Crippen LogP contribution in [0.3, 0.4) is 0 Å². The molecule has 0 saturated heterocycles.